The Morgan fingerprint density at radius 2 is 1.80 bits per heavy atom. The Kier molecular flexibility index (Phi) is 5.36. The molecule has 2 aromatic heterocycles. The smallest absolute Gasteiger partial charge is 0.407 e. The van der Waals surface area contributed by atoms with Crippen LogP contribution in [-0.2, 0) is 0 Å². The van der Waals surface area contributed by atoms with Crippen molar-refractivity contribution in [3.63, 3.8) is 0 Å². The fourth-order valence-electron chi connectivity index (χ4n) is 6.35. The molecule has 1 N–H and O–H groups in total. The minimum absolute atomic E-state index is 0.0854. The van der Waals surface area contributed by atoms with Gasteiger partial charge in [-0.3, -0.25) is 9.80 Å². The van der Waals surface area contributed by atoms with Crippen LogP contribution >= 0.6 is 23.2 Å². The number of piperazine rings is 1. The zero-order valence-electron chi connectivity index (χ0n) is 19.2. The third kappa shape index (κ3) is 3.72. The Hall–Kier alpha value is -2.62. The quantitative estimate of drug-likeness (QED) is 0.481. The lowest BCUT2D eigenvalue weighted by Gasteiger charge is -2.40. The molecule has 0 saturated carbocycles. The highest BCUT2D eigenvalue weighted by Gasteiger charge is 2.48. The summed E-state index contributed by atoms with van der Waals surface area (Å²) in [7, 11) is 0. The number of hydrogen-bond acceptors (Lipinski definition) is 7. The molecule has 4 fully saturated rings. The zero-order valence-corrected chi connectivity index (χ0v) is 20.7. The molecule has 184 valence electrons. The number of aromatic nitrogens is 3. The van der Waals surface area contributed by atoms with Gasteiger partial charge in [-0.1, -0.05) is 47.5 Å². The van der Waals surface area contributed by atoms with Crippen molar-refractivity contribution >= 4 is 46.0 Å². The Labute approximate surface area is 213 Å². The second-order valence-corrected chi connectivity index (χ2v) is 10.9. The van der Waals surface area contributed by atoms with Crippen molar-refractivity contribution in [2.75, 3.05) is 37.7 Å². The number of anilines is 1. The number of amides is 1. The molecule has 6 heterocycles. The van der Waals surface area contributed by atoms with Gasteiger partial charge >= 0.3 is 12.1 Å². The van der Waals surface area contributed by atoms with Crippen molar-refractivity contribution in [1.82, 2.24) is 24.8 Å². The first kappa shape index (κ1) is 22.8. The maximum atomic E-state index is 11.8. The van der Waals surface area contributed by atoms with E-state index in [-0.39, 0.29) is 33.8 Å². The van der Waals surface area contributed by atoms with E-state index in [1.54, 1.807) is 11.1 Å². The van der Waals surface area contributed by atoms with E-state index >= 15 is 0 Å². The Morgan fingerprint density at radius 3 is 2.43 bits per heavy atom. The lowest BCUT2D eigenvalue weighted by atomic mass is 9.92. The predicted molar refractivity (Wildman–Crippen MR) is 134 cm³/mol. The van der Waals surface area contributed by atoms with Gasteiger partial charge in [-0.2, -0.15) is 9.97 Å². The molecule has 6 rings (SSSR count). The first-order valence-electron chi connectivity index (χ1n) is 11.7. The van der Waals surface area contributed by atoms with Crippen molar-refractivity contribution in [2.24, 2.45) is 0 Å². The molecular formula is C24H26Cl2N6O3. The molecule has 35 heavy (non-hydrogen) atoms. The van der Waals surface area contributed by atoms with Crippen LogP contribution in [0.5, 0.6) is 6.01 Å². The van der Waals surface area contributed by atoms with Gasteiger partial charge in [-0.15, -0.1) is 0 Å². The van der Waals surface area contributed by atoms with Crippen molar-refractivity contribution in [1.29, 1.82) is 0 Å². The fourth-order valence-corrected chi connectivity index (χ4v) is 6.68. The highest BCUT2D eigenvalue weighted by molar-refractivity contribution is 6.44. The summed E-state index contributed by atoms with van der Waals surface area (Å²) in [6.07, 6.45) is 4.11. The molecule has 9 nitrogen and oxygen atoms in total. The number of ether oxygens (including phenoxy) is 1. The monoisotopic (exact) mass is 516 g/mol. The number of fused-ring (bicyclic) bond motifs is 4. The number of rotatable bonds is 4. The molecule has 2 bridgehead atoms. The second-order valence-electron chi connectivity index (χ2n) is 10.2. The van der Waals surface area contributed by atoms with Gasteiger partial charge in [-0.25, -0.2) is 9.78 Å². The van der Waals surface area contributed by atoms with Gasteiger partial charge < -0.3 is 14.7 Å². The lowest BCUT2D eigenvalue weighted by Crippen LogP contribution is -2.55. The molecule has 0 aliphatic carbocycles. The van der Waals surface area contributed by atoms with E-state index in [9.17, 15) is 9.90 Å². The SMILES string of the molecule is C=C1CN2CC(=C)CC2(COc2nc(N3C[C@H]4CC[C@@H](C3)N4C(=O)O)c3cnc(Cl)c(Cl)c3n2)C1. The van der Waals surface area contributed by atoms with E-state index < -0.39 is 6.09 Å². The molecular weight excluding hydrogens is 491 g/mol. The molecule has 1 amide bonds. The lowest BCUT2D eigenvalue weighted by molar-refractivity contribution is 0.107. The fraction of sp³-hybridized carbons (Fsp3) is 0.500. The number of nitrogens with zero attached hydrogens (tertiary/aromatic N) is 6. The second kappa shape index (κ2) is 8.21. The topological polar surface area (TPSA) is 94.9 Å². The Morgan fingerprint density at radius 1 is 1.14 bits per heavy atom. The summed E-state index contributed by atoms with van der Waals surface area (Å²) < 4.78 is 6.25. The maximum absolute atomic E-state index is 11.8. The molecule has 4 saturated heterocycles. The molecule has 0 unspecified atom stereocenters. The average Bonchev–Trinajstić information content (AvgIpc) is 3.38. The van der Waals surface area contributed by atoms with Crippen LogP contribution in [0.25, 0.3) is 10.9 Å². The normalized spacial score (nSPS) is 25.5. The highest BCUT2D eigenvalue weighted by Crippen LogP contribution is 2.43. The van der Waals surface area contributed by atoms with Crippen molar-refractivity contribution in [2.45, 2.75) is 43.3 Å². The molecule has 0 radical (unpaired) electrons. The van der Waals surface area contributed by atoms with Crippen molar-refractivity contribution in [3.05, 3.63) is 40.7 Å². The Balaban J connectivity index is 1.35. The first-order valence-corrected chi connectivity index (χ1v) is 12.5. The summed E-state index contributed by atoms with van der Waals surface area (Å²) in [5, 5.41) is 10.7. The predicted octanol–water partition coefficient (Wildman–Crippen LogP) is 4.00. The minimum atomic E-state index is -0.870. The molecule has 2 atom stereocenters. The van der Waals surface area contributed by atoms with Crippen LogP contribution in [0.15, 0.2) is 30.5 Å². The molecule has 11 heteroatoms. The Bertz CT molecular complexity index is 1240. The van der Waals surface area contributed by atoms with Crippen LogP contribution in [-0.4, -0.2) is 86.4 Å². The minimum Gasteiger partial charge on any atom is -0.465 e. The number of carbonyl (C=O) groups is 1. The van der Waals surface area contributed by atoms with Gasteiger partial charge in [0.1, 0.15) is 28.1 Å². The van der Waals surface area contributed by atoms with Crippen molar-refractivity contribution < 1.29 is 14.6 Å². The van der Waals surface area contributed by atoms with Crippen molar-refractivity contribution in [3.8, 4) is 6.01 Å². The van der Waals surface area contributed by atoms with Gasteiger partial charge in [0.25, 0.3) is 0 Å². The summed E-state index contributed by atoms with van der Waals surface area (Å²) in [6.45, 7) is 11.5. The first-order chi connectivity index (χ1) is 16.7. The van der Waals surface area contributed by atoms with Gasteiger partial charge in [-0.05, 0) is 25.7 Å². The van der Waals surface area contributed by atoms with E-state index in [4.69, 9.17) is 32.9 Å². The standard InChI is InChI=1S/C24H26Cl2N6O3/c1-13-5-24(6-14(2)9-31(24)8-13)12-35-22-28-19-17(7-27-20(26)18(19)25)21(29-22)30-10-15-3-4-16(11-30)32(15)23(33)34/h7,15-16H,1-6,8-12H2,(H,33,34)/t15-,16+. The molecule has 4 aliphatic rings. The van der Waals surface area contributed by atoms with Crippen LogP contribution in [0.1, 0.15) is 25.7 Å². The summed E-state index contributed by atoms with van der Waals surface area (Å²) in [5.74, 6) is 0.638. The molecule has 4 aliphatic heterocycles. The summed E-state index contributed by atoms with van der Waals surface area (Å²) in [5.41, 5.74) is 2.67. The van der Waals surface area contributed by atoms with E-state index in [1.807, 2.05) is 0 Å². The summed E-state index contributed by atoms with van der Waals surface area (Å²) in [4.78, 5) is 31.4. The van der Waals surface area contributed by atoms with Crippen LogP contribution in [0.2, 0.25) is 10.2 Å². The number of carboxylic acid groups (broad SMARTS) is 1. The highest BCUT2D eigenvalue weighted by atomic mass is 35.5. The van der Waals surface area contributed by atoms with E-state index in [1.165, 1.54) is 11.1 Å². The largest absolute Gasteiger partial charge is 0.465 e. The third-order valence-corrected chi connectivity index (χ3v) is 8.47. The summed E-state index contributed by atoms with van der Waals surface area (Å²) >= 11 is 12.7. The van der Waals surface area contributed by atoms with Crippen LogP contribution < -0.4 is 9.64 Å². The zero-order chi connectivity index (χ0) is 24.5. The number of pyridine rings is 1. The third-order valence-electron chi connectivity index (χ3n) is 7.73. The van der Waals surface area contributed by atoms with E-state index in [2.05, 4.69) is 32.9 Å². The van der Waals surface area contributed by atoms with Gasteiger partial charge in [0.15, 0.2) is 0 Å². The van der Waals surface area contributed by atoms with E-state index in [0.717, 1.165) is 38.8 Å². The number of hydrogen-bond donors (Lipinski definition) is 1. The maximum Gasteiger partial charge on any atom is 0.407 e. The van der Waals surface area contributed by atoms with Crippen LogP contribution in [0.4, 0.5) is 10.6 Å². The van der Waals surface area contributed by atoms with Gasteiger partial charge in [0, 0.05) is 32.4 Å². The van der Waals surface area contributed by atoms with Crippen LogP contribution in [0.3, 0.4) is 0 Å². The molecule has 2 aromatic rings. The van der Waals surface area contributed by atoms with E-state index in [0.29, 0.717) is 36.4 Å². The van der Waals surface area contributed by atoms with Gasteiger partial charge in [0.05, 0.1) is 23.0 Å². The number of halogens is 2. The van der Waals surface area contributed by atoms with Gasteiger partial charge in [0.2, 0.25) is 0 Å². The summed E-state index contributed by atoms with van der Waals surface area (Å²) in [6, 6.07) is 0.0460. The molecule has 0 spiro atoms. The van der Waals surface area contributed by atoms with Crippen LogP contribution in [0, 0.1) is 0 Å². The average molecular weight is 517 g/mol. The molecule has 0 aromatic carbocycles.